The molecule has 0 rings (SSSR count). The van der Waals surface area contributed by atoms with Crippen LogP contribution < -0.4 is 12.4 Å². The van der Waals surface area contributed by atoms with Crippen LogP contribution in [0.5, 0.6) is 0 Å². The highest BCUT2D eigenvalue weighted by molar-refractivity contribution is 4.55. The molecule has 0 aliphatic heterocycles. The Labute approximate surface area is 256 Å². The van der Waals surface area contributed by atoms with Gasteiger partial charge >= 0.3 is 0 Å². The minimum Gasteiger partial charge on any atom is -1.00 e. The van der Waals surface area contributed by atoms with Crippen molar-refractivity contribution < 1.29 is 16.9 Å². The molecule has 0 heterocycles. The third kappa shape index (κ3) is 29.5. The summed E-state index contributed by atoms with van der Waals surface area (Å²) in [7, 11) is 0. The van der Waals surface area contributed by atoms with Gasteiger partial charge in [-0.15, -0.1) is 0 Å². The van der Waals surface area contributed by atoms with Gasteiger partial charge in [-0.3, -0.25) is 0 Å². The summed E-state index contributed by atoms with van der Waals surface area (Å²) >= 11 is 0. The molecule has 0 unspecified atom stereocenters. The highest BCUT2D eigenvalue weighted by Gasteiger charge is 2.25. The van der Waals surface area contributed by atoms with Gasteiger partial charge in [-0.1, -0.05) is 163 Å². The van der Waals surface area contributed by atoms with Crippen LogP contribution in [0.15, 0.2) is 0 Å². The third-order valence-electron chi connectivity index (χ3n) is 9.19. The predicted molar refractivity (Wildman–Crippen MR) is 176 cm³/mol. The largest absolute Gasteiger partial charge is 1.00 e. The van der Waals surface area contributed by atoms with Gasteiger partial charge in [0.1, 0.15) is 0 Å². The zero-order valence-corrected chi connectivity index (χ0v) is 28.9. The van der Waals surface area contributed by atoms with Crippen molar-refractivity contribution in [2.24, 2.45) is 0 Å². The summed E-state index contributed by atoms with van der Waals surface area (Å²) in [6.45, 7) is 15.3. The maximum atomic E-state index is 2.35. The Morgan fingerprint density at radius 3 is 0.564 bits per heavy atom. The van der Waals surface area contributed by atoms with Gasteiger partial charge in [0.25, 0.3) is 0 Å². The summed E-state index contributed by atoms with van der Waals surface area (Å²) in [5.41, 5.74) is 0. The first-order valence-corrected chi connectivity index (χ1v) is 18.6. The second-order valence-electron chi connectivity index (χ2n) is 13.1. The van der Waals surface area contributed by atoms with Gasteiger partial charge in [-0.05, 0) is 51.4 Å². The molecule has 0 saturated heterocycles. The molecule has 0 bridgehead atoms. The smallest absolute Gasteiger partial charge is 0.0786 e. The van der Waals surface area contributed by atoms with Crippen LogP contribution in [0.4, 0.5) is 0 Å². The average Bonchev–Trinajstić information content (AvgIpc) is 2.93. The summed E-state index contributed by atoms with van der Waals surface area (Å²) in [5.74, 6) is 0. The molecule has 0 aromatic heterocycles. The Morgan fingerprint density at radius 2 is 0.385 bits per heavy atom. The van der Waals surface area contributed by atoms with Gasteiger partial charge < -0.3 is 16.9 Å². The van der Waals surface area contributed by atoms with Gasteiger partial charge in [0.2, 0.25) is 0 Å². The van der Waals surface area contributed by atoms with Gasteiger partial charge in [0, 0.05) is 0 Å². The van der Waals surface area contributed by atoms with E-state index in [2.05, 4.69) is 27.7 Å². The van der Waals surface area contributed by atoms with Crippen LogP contribution in [0.1, 0.15) is 214 Å². The second-order valence-corrected chi connectivity index (χ2v) is 13.1. The van der Waals surface area contributed by atoms with E-state index in [0.717, 1.165) is 0 Å². The Balaban J connectivity index is 0. The molecule has 0 atom stereocenters. The van der Waals surface area contributed by atoms with E-state index < -0.39 is 0 Å². The van der Waals surface area contributed by atoms with E-state index in [4.69, 9.17) is 0 Å². The zero-order chi connectivity index (χ0) is 27.8. The monoisotopic (exact) mass is 572 g/mol. The van der Waals surface area contributed by atoms with Crippen molar-refractivity contribution in [3.05, 3.63) is 0 Å². The van der Waals surface area contributed by atoms with Crippen LogP contribution in [0.3, 0.4) is 0 Å². The lowest BCUT2D eigenvalue weighted by molar-refractivity contribution is -0.929. The summed E-state index contributed by atoms with van der Waals surface area (Å²) in [6, 6.07) is 0. The van der Waals surface area contributed by atoms with E-state index >= 15 is 0 Å². The van der Waals surface area contributed by atoms with Gasteiger partial charge in [0.15, 0.2) is 0 Å². The van der Waals surface area contributed by atoms with Crippen LogP contribution in [-0.2, 0) is 0 Å². The Bertz CT molecular complexity index is 388. The third-order valence-corrected chi connectivity index (χ3v) is 9.19. The molecule has 0 saturated carbocycles. The first-order chi connectivity index (χ1) is 18.7. The molecule has 0 spiro atoms. The van der Waals surface area contributed by atoms with Crippen molar-refractivity contribution >= 4 is 0 Å². The molecule has 238 valence electrons. The minimum atomic E-state index is 0. The highest BCUT2D eigenvalue weighted by atomic mass is 35.5. The highest BCUT2D eigenvalue weighted by Crippen LogP contribution is 2.21. The molecule has 0 aromatic carbocycles. The van der Waals surface area contributed by atoms with Crippen LogP contribution >= 0.6 is 0 Å². The average molecular weight is 572 g/mol. The lowest BCUT2D eigenvalue weighted by atomic mass is 10.0. The van der Waals surface area contributed by atoms with Crippen LogP contribution in [0, 0.1) is 0 Å². The summed E-state index contributed by atoms with van der Waals surface area (Å²) in [5, 5.41) is 0. The fourth-order valence-electron chi connectivity index (χ4n) is 6.46. The Morgan fingerprint density at radius 1 is 0.231 bits per heavy atom. The van der Waals surface area contributed by atoms with Crippen molar-refractivity contribution in [1.82, 2.24) is 0 Å². The van der Waals surface area contributed by atoms with Crippen molar-refractivity contribution in [1.29, 1.82) is 0 Å². The number of halogens is 1. The number of hydrogen-bond donors (Lipinski definition) is 0. The maximum absolute atomic E-state index is 2.35. The van der Waals surface area contributed by atoms with Crippen molar-refractivity contribution in [3.63, 3.8) is 0 Å². The molecule has 0 radical (unpaired) electrons. The SMILES string of the molecule is CCCCCCCCCCCCCCCC[N+](CCCCCCC)(CCCCCCC)CCCCCCC.[Cl-]. The first kappa shape index (κ1) is 41.4. The van der Waals surface area contributed by atoms with Gasteiger partial charge in [-0.2, -0.15) is 0 Å². The van der Waals surface area contributed by atoms with Crippen molar-refractivity contribution in [2.45, 2.75) is 214 Å². The van der Waals surface area contributed by atoms with Crippen molar-refractivity contribution in [3.8, 4) is 0 Å². The van der Waals surface area contributed by atoms with E-state index in [-0.39, 0.29) is 12.4 Å². The number of rotatable bonds is 33. The fourth-order valence-corrected chi connectivity index (χ4v) is 6.46. The van der Waals surface area contributed by atoms with E-state index in [9.17, 15) is 0 Å². The second kappa shape index (κ2) is 34.5. The number of hydrogen-bond acceptors (Lipinski definition) is 0. The lowest BCUT2D eigenvalue weighted by Gasteiger charge is -2.40. The summed E-state index contributed by atoms with van der Waals surface area (Å²) in [6.07, 6.45) is 42.3. The molecular formula is C37H78ClN. The minimum absolute atomic E-state index is 0. The van der Waals surface area contributed by atoms with E-state index in [1.54, 1.807) is 0 Å². The molecule has 0 amide bonds. The summed E-state index contributed by atoms with van der Waals surface area (Å²) in [4.78, 5) is 0. The van der Waals surface area contributed by atoms with Crippen LogP contribution in [0.25, 0.3) is 0 Å². The maximum Gasteiger partial charge on any atom is 0.0786 e. The topological polar surface area (TPSA) is 0 Å². The normalized spacial score (nSPS) is 11.7. The quantitative estimate of drug-likeness (QED) is 0.0542. The summed E-state index contributed by atoms with van der Waals surface area (Å²) < 4.78 is 1.47. The van der Waals surface area contributed by atoms with Crippen LogP contribution in [-0.4, -0.2) is 30.7 Å². The lowest BCUT2D eigenvalue weighted by Crippen LogP contribution is -3.00. The number of quaternary nitrogens is 1. The number of unbranched alkanes of at least 4 members (excludes halogenated alkanes) is 25. The Hall–Kier alpha value is 0.250. The predicted octanol–water partition coefficient (Wildman–Crippen LogP) is 10.2. The number of nitrogens with zero attached hydrogens (tertiary/aromatic N) is 1. The van der Waals surface area contributed by atoms with E-state index in [1.807, 2.05) is 0 Å². The van der Waals surface area contributed by atoms with E-state index in [0.29, 0.717) is 0 Å². The zero-order valence-electron chi connectivity index (χ0n) is 28.2. The Kier molecular flexibility index (Phi) is 36.6. The molecule has 0 aliphatic rings. The molecule has 0 aliphatic carbocycles. The van der Waals surface area contributed by atoms with Crippen molar-refractivity contribution in [2.75, 3.05) is 26.2 Å². The molecule has 2 heteroatoms. The van der Waals surface area contributed by atoms with Gasteiger partial charge in [0.05, 0.1) is 26.2 Å². The molecule has 0 N–H and O–H groups in total. The molecule has 0 aromatic rings. The van der Waals surface area contributed by atoms with Crippen LogP contribution in [0.2, 0.25) is 0 Å². The van der Waals surface area contributed by atoms with E-state index in [1.165, 1.54) is 217 Å². The molecule has 39 heavy (non-hydrogen) atoms. The first-order valence-electron chi connectivity index (χ1n) is 18.6. The molecular weight excluding hydrogens is 494 g/mol. The molecule has 0 fully saturated rings. The van der Waals surface area contributed by atoms with Gasteiger partial charge in [-0.25, -0.2) is 0 Å². The fraction of sp³-hybridized carbons (Fsp3) is 1.00. The molecule has 1 nitrogen and oxygen atoms in total. The standard InChI is InChI=1S/C37H78N.ClH/c1-5-9-13-17-18-19-20-21-22-23-24-25-29-33-37-38(34-30-26-14-10-6-2,35-31-27-15-11-7-3)36-32-28-16-12-8-4;/h5-37H2,1-4H3;1H/q+1;/p-1.